The lowest BCUT2D eigenvalue weighted by atomic mass is 10.6. The molecule has 0 aliphatic rings. The monoisotopic (exact) mass is 168 g/mol. The Labute approximate surface area is 71.2 Å². The Hall–Kier alpha value is -1.58. The van der Waals surface area contributed by atoms with E-state index in [4.69, 9.17) is 9.90 Å². The standard InChI is InChI=1S/C6H8N2.C2H4O2/c1-2-4-8-5-3-7-6-8;1-2(3)4/h2-3,5-6H,1,4H2;1H3,(H,3,4). The first kappa shape index (κ1) is 10.4. The fourth-order valence-electron chi connectivity index (χ4n) is 0.544. The molecule has 0 amide bonds. The number of carbonyl (C=O) groups is 1. The van der Waals surface area contributed by atoms with E-state index in [1.807, 2.05) is 16.8 Å². The molecule has 0 radical (unpaired) electrons. The Bertz CT molecular complexity index is 225. The van der Waals surface area contributed by atoms with E-state index in [0.717, 1.165) is 13.5 Å². The van der Waals surface area contributed by atoms with Crippen molar-refractivity contribution in [1.29, 1.82) is 0 Å². The van der Waals surface area contributed by atoms with Crippen LogP contribution in [0.25, 0.3) is 0 Å². The second kappa shape index (κ2) is 6.15. The molecule has 0 saturated carbocycles. The molecule has 0 bridgehead atoms. The number of carboxylic acid groups (broad SMARTS) is 1. The average Bonchev–Trinajstić information content (AvgIpc) is 2.39. The van der Waals surface area contributed by atoms with Gasteiger partial charge in [0.15, 0.2) is 0 Å². The maximum absolute atomic E-state index is 9.00. The third kappa shape index (κ3) is 6.54. The number of nitrogens with zero attached hydrogens (tertiary/aromatic N) is 2. The van der Waals surface area contributed by atoms with Crippen LogP contribution in [0.5, 0.6) is 0 Å². The van der Waals surface area contributed by atoms with Gasteiger partial charge in [0, 0.05) is 25.9 Å². The molecular formula is C8H12N2O2. The van der Waals surface area contributed by atoms with Gasteiger partial charge in [0.1, 0.15) is 0 Å². The van der Waals surface area contributed by atoms with Crippen molar-refractivity contribution in [2.45, 2.75) is 13.5 Å². The number of hydrogen-bond donors (Lipinski definition) is 1. The quantitative estimate of drug-likeness (QED) is 0.674. The molecule has 0 aromatic carbocycles. The molecule has 0 atom stereocenters. The molecule has 1 aromatic heterocycles. The van der Waals surface area contributed by atoms with Crippen molar-refractivity contribution in [2.75, 3.05) is 0 Å². The zero-order chi connectivity index (χ0) is 9.40. The number of carboxylic acids is 1. The lowest BCUT2D eigenvalue weighted by Crippen LogP contribution is -1.87. The van der Waals surface area contributed by atoms with E-state index in [9.17, 15) is 0 Å². The fraction of sp³-hybridized carbons (Fsp3) is 0.250. The molecule has 66 valence electrons. The molecule has 0 aliphatic carbocycles. The summed E-state index contributed by atoms with van der Waals surface area (Å²) in [6.45, 7) is 5.52. The summed E-state index contributed by atoms with van der Waals surface area (Å²) >= 11 is 0. The molecule has 4 heteroatoms. The van der Waals surface area contributed by atoms with Crippen molar-refractivity contribution in [2.24, 2.45) is 0 Å². The van der Waals surface area contributed by atoms with Crippen LogP contribution in [0.15, 0.2) is 31.4 Å². The Kier molecular flexibility index (Phi) is 5.34. The molecule has 1 rings (SSSR count). The summed E-state index contributed by atoms with van der Waals surface area (Å²) < 4.78 is 1.95. The Morgan fingerprint density at radius 3 is 2.75 bits per heavy atom. The number of imidazole rings is 1. The fourth-order valence-corrected chi connectivity index (χ4v) is 0.544. The van der Waals surface area contributed by atoms with Crippen molar-refractivity contribution in [3.8, 4) is 0 Å². The van der Waals surface area contributed by atoms with Gasteiger partial charge in [-0.25, -0.2) is 4.98 Å². The maximum atomic E-state index is 9.00. The van der Waals surface area contributed by atoms with Crippen molar-refractivity contribution in [1.82, 2.24) is 9.55 Å². The SMILES string of the molecule is C=CCn1ccnc1.CC(=O)O. The number of aromatic nitrogens is 2. The Balaban J connectivity index is 0.000000261. The molecule has 12 heavy (non-hydrogen) atoms. The molecular weight excluding hydrogens is 156 g/mol. The van der Waals surface area contributed by atoms with E-state index in [-0.39, 0.29) is 0 Å². The minimum Gasteiger partial charge on any atom is -0.481 e. The molecule has 4 nitrogen and oxygen atoms in total. The van der Waals surface area contributed by atoms with Gasteiger partial charge in [-0.1, -0.05) is 6.08 Å². The van der Waals surface area contributed by atoms with Crippen molar-refractivity contribution in [3.05, 3.63) is 31.4 Å². The Morgan fingerprint density at radius 1 is 1.83 bits per heavy atom. The predicted octanol–water partition coefficient (Wildman–Crippen LogP) is 1.16. The molecule has 0 aliphatic heterocycles. The van der Waals surface area contributed by atoms with Crippen LogP contribution in [0.2, 0.25) is 0 Å². The van der Waals surface area contributed by atoms with E-state index in [1.165, 1.54) is 0 Å². The zero-order valence-electron chi connectivity index (χ0n) is 6.97. The van der Waals surface area contributed by atoms with Crippen LogP contribution in [0.4, 0.5) is 0 Å². The van der Waals surface area contributed by atoms with E-state index in [2.05, 4.69) is 11.6 Å². The third-order valence-corrected chi connectivity index (χ3v) is 0.899. The van der Waals surface area contributed by atoms with Crippen LogP contribution >= 0.6 is 0 Å². The minimum atomic E-state index is -0.833. The highest BCUT2D eigenvalue weighted by Crippen LogP contribution is 1.83. The molecule has 0 spiro atoms. The second-order valence-electron chi connectivity index (χ2n) is 2.07. The number of rotatable bonds is 2. The highest BCUT2D eigenvalue weighted by Gasteiger charge is 1.79. The first-order valence-corrected chi connectivity index (χ1v) is 3.43. The highest BCUT2D eigenvalue weighted by molar-refractivity contribution is 5.62. The summed E-state index contributed by atoms with van der Waals surface area (Å²) in [6, 6.07) is 0. The summed E-state index contributed by atoms with van der Waals surface area (Å²) in [7, 11) is 0. The first-order valence-electron chi connectivity index (χ1n) is 3.43. The lowest BCUT2D eigenvalue weighted by Gasteiger charge is -1.89. The average molecular weight is 168 g/mol. The topological polar surface area (TPSA) is 55.1 Å². The van der Waals surface area contributed by atoms with Gasteiger partial charge in [0.2, 0.25) is 0 Å². The molecule has 0 unspecified atom stereocenters. The number of allylic oxidation sites excluding steroid dienone is 1. The minimum absolute atomic E-state index is 0.833. The zero-order valence-corrected chi connectivity index (χ0v) is 6.97. The molecule has 0 fully saturated rings. The van der Waals surface area contributed by atoms with Crippen LogP contribution in [0.1, 0.15) is 6.92 Å². The summed E-state index contributed by atoms with van der Waals surface area (Å²) in [6.07, 6.45) is 7.26. The van der Waals surface area contributed by atoms with Crippen molar-refractivity contribution >= 4 is 5.97 Å². The normalized spacial score (nSPS) is 8.08. The van der Waals surface area contributed by atoms with E-state index in [1.54, 1.807) is 12.5 Å². The predicted molar refractivity (Wildman–Crippen MR) is 45.7 cm³/mol. The van der Waals surface area contributed by atoms with Crippen LogP contribution in [-0.4, -0.2) is 20.6 Å². The Morgan fingerprint density at radius 2 is 2.42 bits per heavy atom. The van der Waals surface area contributed by atoms with Crippen LogP contribution in [0, 0.1) is 0 Å². The lowest BCUT2D eigenvalue weighted by molar-refractivity contribution is -0.134. The molecule has 1 aromatic rings. The highest BCUT2D eigenvalue weighted by atomic mass is 16.4. The van der Waals surface area contributed by atoms with Gasteiger partial charge in [-0.2, -0.15) is 0 Å². The van der Waals surface area contributed by atoms with Gasteiger partial charge < -0.3 is 9.67 Å². The van der Waals surface area contributed by atoms with Gasteiger partial charge in [-0.15, -0.1) is 6.58 Å². The van der Waals surface area contributed by atoms with Gasteiger partial charge in [-0.05, 0) is 0 Å². The van der Waals surface area contributed by atoms with Crippen molar-refractivity contribution < 1.29 is 9.90 Å². The van der Waals surface area contributed by atoms with Gasteiger partial charge in [-0.3, -0.25) is 4.79 Å². The van der Waals surface area contributed by atoms with E-state index < -0.39 is 5.97 Å². The summed E-state index contributed by atoms with van der Waals surface area (Å²) in [5.41, 5.74) is 0. The smallest absolute Gasteiger partial charge is 0.300 e. The summed E-state index contributed by atoms with van der Waals surface area (Å²) in [4.78, 5) is 12.9. The largest absolute Gasteiger partial charge is 0.481 e. The van der Waals surface area contributed by atoms with Crippen LogP contribution < -0.4 is 0 Å². The van der Waals surface area contributed by atoms with E-state index >= 15 is 0 Å². The van der Waals surface area contributed by atoms with Gasteiger partial charge >= 0.3 is 0 Å². The van der Waals surface area contributed by atoms with Gasteiger partial charge in [0.25, 0.3) is 5.97 Å². The molecule has 0 saturated heterocycles. The second-order valence-corrected chi connectivity index (χ2v) is 2.07. The van der Waals surface area contributed by atoms with Crippen LogP contribution in [0.3, 0.4) is 0 Å². The molecule has 1 heterocycles. The maximum Gasteiger partial charge on any atom is 0.300 e. The summed E-state index contributed by atoms with van der Waals surface area (Å²) in [5, 5.41) is 7.42. The van der Waals surface area contributed by atoms with Crippen molar-refractivity contribution in [3.63, 3.8) is 0 Å². The summed E-state index contributed by atoms with van der Waals surface area (Å²) in [5.74, 6) is -0.833. The first-order chi connectivity index (χ1) is 5.66. The third-order valence-electron chi connectivity index (χ3n) is 0.899. The van der Waals surface area contributed by atoms with Crippen LogP contribution in [-0.2, 0) is 11.3 Å². The molecule has 1 N–H and O–H groups in total. The van der Waals surface area contributed by atoms with Gasteiger partial charge in [0.05, 0.1) is 6.33 Å². The van der Waals surface area contributed by atoms with E-state index in [0.29, 0.717) is 0 Å². The number of aliphatic carboxylic acids is 1. The number of hydrogen-bond acceptors (Lipinski definition) is 2.